The van der Waals surface area contributed by atoms with Crippen molar-refractivity contribution in [3.8, 4) is 0 Å². The zero-order chi connectivity index (χ0) is 15.4. The van der Waals surface area contributed by atoms with Crippen molar-refractivity contribution in [2.75, 3.05) is 5.32 Å². The summed E-state index contributed by atoms with van der Waals surface area (Å²) in [6.45, 7) is 0. The Morgan fingerprint density at radius 1 is 1.19 bits per heavy atom. The molecule has 0 saturated carbocycles. The summed E-state index contributed by atoms with van der Waals surface area (Å²) in [5.74, 6) is -1.44. The molecule has 1 amide bonds. The number of hydrogen-bond acceptors (Lipinski definition) is 2. The Morgan fingerprint density at radius 3 is 2.62 bits per heavy atom. The van der Waals surface area contributed by atoms with Gasteiger partial charge in [-0.3, -0.25) is 4.79 Å². The lowest BCUT2D eigenvalue weighted by Gasteiger charge is -2.09. The number of anilines is 1. The largest absolute Gasteiger partial charge is 0.478 e. The number of carbonyl (C=O) groups excluding carboxylic acids is 1. The van der Waals surface area contributed by atoms with Gasteiger partial charge in [0.1, 0.15) is 0 Å². The molecule has 6 heteroatoms. The van der Waals surface area contributed by atoms with Crippen molar-refractivity contribution in [2.24, 2.45) is 0 Å². The third-order valence-corrected chi connectivity index (χ3v) is 3.47. The second-order valence-electron chi connectivity index (χ2n) is 4.35. The van der Waals surface area contributed by atoms with Gasteiger partial charge in [0.2, 0.25) is 5.91 Å². The van der Waals surface area contributed by atoms with Gasteiger partial charge in [0.05, 0.1) is 17.7 Å². The Morgan fingerprint density at radius 2 is 1.95 bits per heavy atom. The van der Waals surface area contributed by atoms with Gasteiger partial charge in [0.15, 0.2) is 0 Å². The van der Waals surface area contributed by atoms with Crippen molar-refractivity contribution in [3.05, 3.63) is 63.1 Å². The summed E-state index contributed by atoms with van der Waals surface area (Å²) in [5, 5.41) is 12.0. The van der Waals surface area contributed by atoms with Crippen LogP contribution >= 0.6 is 27.5 Å². The first kappa shape index (κ1) is 15.5. The van der Waals surface area contributed by atoms with Crippen LogP contribution in [0.1, 0.15) is 15.9 Å². The van der Waals surface area contributed by atoms with Gasteiger partial charge in [0, 0.05) is 9.50 Å². The minimum Gasteiger partial charge on any atom is -0.478 e. The molecular formula is C15H11BrClNO3. The molecule has 2 rings (SSSR count). The van der Waals surface area contributed by atoms with Crippen LogP contribution in [-0.4, -0.2) is 17.0 Å². The summed E-state index contributed by atoms with van der Waals surface area (Å²) in [5.41, 5.74) is 1.02. The fourth-order valence-corrected chi connectivity index (χ4v) is 2.45. The van der Waals surface area contributed by atoms with Gasteiger partial charge in [-0.15, -0.1) is 0 Å². The lowest BCUT2D eigenvalue weighted by molar-refractivity contribution is -0.115. The lowest BCUT2D eigenvalue weighted by atomic mass is 10.1. The Bertz CT molecular complexity index is 703. The Balaban J connectivity index is 2.15. The van der Waals surface area contributed by atoms with Crippen LogP contribution in [-0.2, 0) is 11.2 Å². The molecule has 0 unspecified atom stereocenters. The maximum absolute atomic E-state index is 12.0. The van der Waals surface area contributed by atoms with Gasteiger partial charge in [-0.2, -0.15) is 0 Å². The van der Waals surface area contributed by atoms with E-state index in [1.54, 1.807) is 0 Å². The molecule has 0 bridgehead atoms. The highest BCUT2D eigenvalue weighted by Gasteiger charge is 2.13. The van der Waals surface area contributed by atoms with Crippen molar-refractivity contribution < 1.29 is 14.7 Å². The summed E-state index contributed by atoms with van der Waals surface area (Å²) in [4.78, 5) is 23.1. The highest BCUT2D eigenvalue weighted by Crippen LogP contribution is 2.21. The third kappa shape index (κ3) is 4.31. The molecule has 108 valence electrons. The van der Waals surface area contributed by atoms with Gasteiger partial charge in [-0.1, -0.05) is 39.7 Å². The monoisotopic (exact) mass is 367 g/mol. The second kappa shape index (κ2) is 6.74. The number of carboxylic acids is 1. The Kier molecular flexibility index (Phi) is 4.98. The van der Waals surface area contributed by atoms with Gasteiger partial charge in [-0.05, 0) is 35.9 Å². The smallest absolute Gasteiger partial charge is 0.337 e. The highest BCUT2D eigenvalue weighted by molar-refractivity contribution is 9.10. The first-order valence-electron chi connectivity index (χ1n) is 6.03. The number of hydrogen-bond donors (Lipinski definition) is 2. The van der Waals surface area contributed by atoms with E-state index in [0.717, 1.165) is 10.0 Å². The zero-order valence-electron chi connectivity index (χ0n) is 10.8. The van der Waals surface area contributed by atoms with E-state index >= 15 is 0 Å². The molecule has 0 aliphatic heterocycles. The van der Waals surface area contributed by atoms with E-state index in [1.165, 1.54) is 18.2 Å². The number of aromatic carboxylic acids is 1. The number of halogens is 2. The number of carboxylic acid groups (broad SMARTS) is 1. The molecule has 2 aromatic carbocycles. The molecule has 4 nitrogen and oxygen atoms in total. The molecule has 0 radical (unpaired) electrons. The minimum absolute atomic E-state index is 0.0370. The van der Waals surface area contributed by atoms with E-state index in [4.69, 9.17) is 16.7 Å². The molecular weight excluding hydrogens is 358 g/mol. The van der Waals surface area contributed by atoms with Crippen LogP contribution in [0.5, 0.6) is 0 Å². The zero-order valence-corrected chi connectivity index (χ0v) is 13.1. The fraction of sp³-hybridized carbons (Fsp3) is 0.0667. The van der Waals surface area contributed by atoms with E-state index in [2.05, 4.69) is 21.2 Å². The average Bonchev–Trinajstić information content (AvgIpc) is 2.40. The Labute approximate surface area is 134 Å². The van der Waals surface area contributed by atoms with E-state index < -0.39 is 5.97 Å². The molecule has 0 aliphatic carbocycles. The van der Waals surface area contributed by atoms with E-state index in [9.17, 15) is 9.59 Å². The van der Waals surface area contributed by atoms with E-state index in [1.807, 2.05) is 24.3 Å². The summed E-state index contributed by atoms with van der Waals surface area (Å²) in [6.07, 6.45) is 0.154. The quantitative estimate of drug-likeness (QED) is 0.858. The van der Waals surface area contributed by atoms with Gasteiger partial charge < -0.3 is 10.4 Å². The molecule has 0 atom stereocenters. The molecule has 0 saturated heterocycles. The van der Waals surface area contributed by atoms with Gasteiger partial charge in [0.25, 0.3) is 0 Å². The molecule has 0 aliphatic rings. The van der Waals surface area contributed by atoms with Gasteiger partial charge >= 0.3 is 5.97 Å². The van der Waals surface area contributed by atoms with Crippen LogP contribution < -0.4 is 5.32 Å². The normalized spacial score (nSPS) is 10.2. The predicted molar refractivity (Wildman–Crippen MR) is 84.9 cm³/mol. The maximum atomic E-state index is 12.0. The average molecular weight is 369 g/mol. The fourth-order valence-electron chi connectivity index (χ4n) is 1.83. The first-order chi connectivity index (χ1) is 9.95. The van der Waals surface area contributed by atoms with Crippen LogP contribution in [0, 0.1) is 0 Å². The first-order valence-corrected chi connectivity index (χ1v) is 7.20. The molecule has 2 N–H and O–H groups in total. The molecule has 0 aromatic heterocycles. The van der Waals surface area contributed by atoms with E-state index in [-0.39, 0.29) is 23.6 Å². The molecule has 21 heavy (non-hydrogen) atoms. The third-order valence-electron chi connectivity index (χ3n) is 2.74. The van der Waals surface area contributed by atoms with Crippen molar-refractivity contribution in [1.29, 1.82) is 0 Å². The second-order valence-corrected chi connectivity index (χ2v) is 5.70. The summed E-state index contributed by atoms with van der Waals surface area (Å²) >= 11 is 9.10. The molecule has 0 spiro atoms. The number of carbonyl (C=O) groups is 2. The van der Waals surface area contributed by atoms with E-state index in [0.29, 0.717) is 5.02 Å². The maximum Gasteiger partial charge on any atom is 0.337 e. The van der Waals surface area contributed by atoms with Crippen molar-refractivity contribution in [3.63, 3.8) is 0 Å². The molecule has 0 heterocycles. The number of rotatable bonds is 4. The number of benzene rings is 2. The summed E-state index contributed by atoms with van der Waals surface area (Å²) in [6, 6.07) is 11.7. The van der Waals surface area contributed by atoms with Crippen molar-refractivity contribution in [1.82, 2.24) is 0 Å². The number of nitrogens with one attached hydrogen (secondary N) is 1. The van der Waals surface area contributed by atoms with Crippen LogP contribution in [0.15, 0.2) is 46.9 Å². The van der Waals surface area contributed by atoms with Crippen molar-refractivity contribution in [2.45, 2.75) is 6.42 Å². The predicted octanol–water partition coefficient (Wildman–Crippen LogP) is 3.98. The Hall–Kier alpha value is -1.85. The number of amides is 1. The van der Waals surface area contributed by atoms with Crippen LogP contribution in [0.25, 0.3) is 0 Å². The van der Waals surface area contributed by atoms with Gasteiger partial charge in [-0.25, -0.2) is 4.79 Å². The SMILES string of the molecule is O=C(Cc1cccc(Br)c1)Nc1ccc(Cl)cc1C(=O)O. The minimum atomic E-state index is -1.14. The van der Waals surface area contributed by atoms with Crippen LogP contribution in [0.2, 0.25) is 5.02 Å². The van der Waals surface area contributed by atoms with Crippen molar-refractivity contribution >= 4 is 45.1 Å². The lowest BCUT2D eigenvalue weighted by Crippen LogP contribution is -2.16. The standard InChI is InChI=1S/C15H11BrClNO3/c16-10-3-1-2-9(6-10)7-14(19)18-13-5-4-11(17)8-12(13)15(20)21/h1-6,8H,7H2,(H,18,19)(H,20,21). The molecule has 2 aromatic rings. The molecule has 0 fully saturated rings. The topological polar surface area (TPSA) is 66.4 Å². The summed E-state index contributed by atoms with van der Waals surface area (Å²) in [7, 11) is 0. The highest BCUT2D eigenvalue weighted by atomic mass is 79.9. The summed E-state index contributed by atoms with van der Waals surface area (Å²) < 4.78 is 0.880. The van der Waals surface area contributed by atoms with Crippen LogP contribution in [0.4, 0.5) is 5.69 Å². The van der Waals surface area contributed by atoms with Crippen LogP contribution in [0.3, 0.4) is 0 Å².